The predicted molar refractivity (Wildman–Crippen MR) is 130 cm³/mol. The first-order chi connectivity index (χ1) is 16.1. The summed E-state index contributed by atoms with van der Waals surface area (Å²) in [6, 6.07) is 7.97. The number of nitrogens with one attached hydrogen (secondary N) is 1. The van der Waals surface area contributed by atoms with Crippen molar-refractivity contribution >= 4 is 29.4 Å². The van der Waals surface area contributed by atoms with Gasteiger partial charge in [-0.1, -0.05) is 37.5 Å². The summed E-state index contributed by atoms with van der Waals surface area (Å²) in [6.45, 7) is 4.58. The number of benzene rings is 1. The molecule has 1 aromatic carbocycles. The molecular weight excluding hydrogens is 436 g/mol. The molecule has 8 heteroatoms. The van der Waals surface area contributed by atoms with E-state index < -0.39 is 0 Å². The Bertz CT molecular complexity index is 976. The fourth-order valence-corrected chi connectivity index (χ4v) is 4.88. The molecule has 3 amide bonds. The van der Waals surface area contributed by atoms with Crippen molar-refractivity contribution in [1.29, 1.82) is 0 Å². The van der Waals surface area contributed by atoms with Gasteiger partial charge in [0.25, 0.3) is 0 Å². The summed E-state index contributed by atoms with van der Waals surface area (Å²) < 4.78 is 5.93. The second-order valence-electron chi connectivity index (χ2n) is 8.61. The maximum atomic E-state index is 12.7. The van der Waals surface area contributed by atoms with Gasteiger partial charge in [-0.3, -0.25) is 4.79 Å². The molecule has 2 aliphatic rings. The average molecular weight is 469 g/mol. The van der Waals surface area contributed by atoms with Crippen LogP contribution in [0, 0.1) is 6.92 Å². The fraction of sp³-hybridized carbons (Fsp3) is 0.480. The van der Waals surface area contributed by atoms with Gasteiger partial charge in [-0.05, 0) is 31.9 Å². The number of aryl methyl sites for hydroxylation is 1. The molecule has 33 heavy (non-hydrogen) atoms. The van der Waals surface area contributed by atoms with Gasteiger partial charge in [0.1, 0.15) is 12.4 Å². The normalized spacial score (nSPS) is 17.4. The molecule has 4 rings (SSSR count). The third-order valence-corrected chi connectivity index (χ3v) is 7.00. The molecule has 1 aliphatic heterocycles. The average Bonchev–Trinajstić information content (AvgIpc) is 3.27. The van der Waals surface area contributed by atoms with Crippen molar-refractivity contribution in [3.63, 3.8) is 0 Å². The first-order valence-corrected chi connectivity index (χ1v) is 12.6. The number of rotatable bonds is 6. The molecule has 7 nitrogen and oxygen atoms in total. The van der Waals surface area contributed by atoms with Gasteiger partial charge in [-0.15, -0.1) is 11.3 Å². The number of para-hydroxylation sites is 1. The zero-order valence-corrected chi connectivity index (χ0v) is 20.0. The summed E-state index contributed by atoms with van der Waals surface area (Å²) in [5.74, 6) is 0.670. The van der Waals surface area contributed by atoms with Crippen molar-refractivity contribution < 1.29 is 14.3 Å². The van der Waals surface area contributed by atoms with E-state index in [2.05, 4.69) is 10.3 Å². The summed E-state index contributed by atoms with van der Waals surface area (Å²) in [4.78, 5) is 33.3. The molecule has 1 saturated carbocycles. The summed E-state index contributed by atoms with van der Waals surface area (Å²) in [5.41, 5.74) is 1.75. The van der Waals surface area contributed by atoms with Crippen LogP contribution in [-0.4, -0.2) is 58.9 Å². The number of aromatic nitrogens is 1. The second kappa shape index (κ2) is 11.3. The van der Waals surface area contributed by atoms with Crippen LogP contribution in [0.15, 0.2) is 35.7 Å². The molecule has 2 heterocycles. The van der Waals surface area contributed by atoms with Crippen molar-refractivity contribution in [2.45, 2.75) is 51.7 Å². The molecule has 176 valence electrons. The maximum absolute atomic E-state index is 12.7. The molecule has 0 bridgehead atoms. The number of nitrogens with zero attached hydrogens (tertiary/aromatic N) is 3. The van der Waals surface area contributed by atoms with E-state index in [1.807, 2.05) is 41.5 Å². The molecule has 0 atom stereocenters. The second-order valence-corrected chi connectivity index (χ2v) is 9.68. The highest BCUT2D eigenvalue weighted by molar-refractivity contribution is 7.09. The monoisotopic (exact) mass is 468 g/mol. The maximum Gasteiger partial charge on any atom is 0.317 e. The van der Waals surface area contributed by atoms with Crippen LogP contribution in [0.25, 0.3) is 6.08 Å². The number of carbonyl (C=O) groups is 2. The van der Waals surface area contributed by atoms with Crippen LogP contribution in [0.1, 0.15) is 48.4 Å². The van der Waals surface area contributed by atoms with Gasteiger partial charge >= 0.3 is 6.03 Å². The molecule has 0 radical (unpaired) electrons. The van der Waals surface area contributed by atoms with Gasteiger partial charge in [0.15, 0.2) is 0 Å². The number of piperazine rings is 1. The van der Waals surface area contributed by atoms with E-state index in [1.165, 1.54) is 19.3 Å². The minimum atomic E-state index is -0.0488. The van der Waals surface area contributed by atoms with E-state index in [0.29, 0.717) is 38.8 Å². The molecule has 2 aromatic rings. The van der Waals surface area contributed by atoms with Crippen LogP contribution in [0.2, 0.25) is 0 Å². The fourth-order valence-electron chi connectivity index (χ4n) is 4.29. The third kappa shape index (κ3) is 6.57. The Morgan fingerprint density at radius 2 is 1.85 bits per heavy atom. The van der Waals surface area contributed by atoms with Crippen LogP contribution < -0.4 is 10.1 Å². The molecular formula is C25H32N4O3S. The highest BCUT2D eigenvalue weighted by atomic mass is 32.1. The van der Waals surface area contributed by atoms with E-state index >= 15 is 0 Å². The SMILES string of the molecule is Cc1nc(COc2ccccc2/C=C/C(=O)N2CCN(C(=O)NC3CCCCC3)CC2)cs1. The highest BCUT2D eigenvalue weighted by Crippen LogP contribution is 2.22. The lowest BCUT2D eigenvalue weighted by molar-refractivity contribution is -0.127. The van der Waals surface area contributed by atoms with E-state index in [4.69, 9.17) is 4.74 Å². The molecule has 2 fully saturated rings. The van der Waals surface area contributed by atoms with Crippen LogP contribution in [0.3, 0.4) is 0 Å². The van der Waals surface area contributed by atoms with Gasteiger partial charge < -0.3 is 19.9 Å². The lowest BCUT2D eigenvalue weighted by Crippen LogP contribution is -2.54. The van der Waals surface area contributed by atoms with Crippen molar-refractivity contribution in [3.8, 4) is 5.75 Å². The van der Waals surface area contributed by atoms with E-state index in [0.717, 1.165) is 34.9 Å². The Morgan fingerprint density at radius 1 is 1.12 bits per heavy atom. The number of carbonyl (C=O) groups excluding carboxylic acids is 2. The number of thiazole rings is 1. The number of urea groups is 1. The quantitative estimate of drug-likeness (QED) is 0.644. The molecule has 1 saturated heterocycles. The number of hydrogen-bond acceptors (Lipinski definition) is 5. The van der Waals surface area contributed by atoms with Gasteiger partial charge in [-0.25, -0.2) is 9.78 Å². The van der Waals surface area contributed by atoms with Crippen molar-refractivity contribution in [2.24, 2.45) is 0 Å². The Balaban J connectivity index is 1.26. The topological polar surface area (TPSA) is 74.8 Å². The number of ether oxygens (including phenoxy) is 1. The van der Waals surface area contributed by atoms with Crippen LogP contribution in [0.4, 0.5) is 4.79 Å². The van der Waals surface area contributed by atoms with Crippen molar-refractivity contribution in [1.82, 2.24) is 20.1 Å². The lowest BCUT2D eigenvalue weighted by atomic mass is 9.96. The molecule has 1 aromatic heterocycles. The zero-order valence-electron chi connectivity index (χ0n) is 19.2. The summed E-state index contributed by atoms with van der Waals surface area (Å²) in [6.07, 6.45) is 9.19. The Labute approximate surface area is 199 Å². The van der Waals surface area contributed by atoms with E-state index in [1.54, 1.807) is 28.4 Å². The van der Waals surface area contributed by atoms with Gasteiger partial charge in [0.2, 0.25) is 5.91 Å². The first-order valence-electron chi connectivity index (χ1n) is 11.7. The molecule has 0 unspecified atom stereocenters. The number of amides is 3. The minimum Gasteiger partial charge on any atom is -0.487 e. The Morgan fingerprint density at radius 3 is 2.58 bits per heavy atom. The van der Waals surface area contributed by atoms with Crippen LogP contribution >= 0.6 is 11.3 Å². The molecule has 1 aliphatic carbocycles. The molecule has 0 spiro atoms. The molecule has 1 N–H and O–H groups in total. The zero-order chi connectivity index (χ0) is 23.0. The van der Waals surface area contributed by atoms with Gasteiger partial charge in [-0.2, -0.15) is 0 Å². The third-order valence-electron chi connectivity index (χ3n) is 6.18. The Hall–Kier alpha value is -2.87. The van der Waals surface area contributed by atoms with E-state index in [-0.39, 0.29) is 11.9 Å². The van der Waals surface area contributed by atoms with Gasteiger partial charge in [0, 0.05) is 49.2 Å². The first kappa shape index (κ1) is 23.3. The Kier molecular flexibility index (Phi) is 7.99. The highest BCUT2D eigenvalue weighted by Gasteiger charge is 2.25. The van der Waals surface area contributed by atoms with Crippen molar-refractivity contribution in [3.05, 3.63) is 52.0 Å². The lowest BCUT2D eigenvalue weighted by Gasteiger charge is -2.35. The van der Waals surface area contributed by atoms with Gasteiger partial charge in [0.05, 0.1) is 10.7 Å². The van der Waals surface area contributed by atoms with Crippen molar-refractivity contribution in [2.75, 3.05) is 26.2 Å². The summed E-state index contributed by atoms with van der Waals surface area (Å²) in [5, 5.41) is 6.17. The minimum absolute atomic E-state index is 0.00548. The number of hydrogen-bond donors (Lipinski definition) is 1. The summed E-state index contributed by atoms with van der Waals surface area (Å²) in [7, 11) is 0. The smallest absolute Gasteiger partial charge is 0.317 e. The van der Waals surface area contributed by atoms with Crippen LogP contribution in [0.5, 0.6) is 5.75 Å². The van der Waals surface area contributed by atoms with Crippen LogP contribution in [-0.2, 0) is 11.4 Å². The standard InChI is InChI=1S/C25H32N4O3S/c1-19-26-22(18-33-19)17-32-23-10-6-5-7-20(23)11-12-24(30)28-13-15-29(16-14-28)25(31)27-21-8-3-2-4-9-21/h5-7,10-12,18,21H,2-4,8-9,13-17H2,1H3,(H,27,31)/b12-11+. The largest absolute Gasteiger partial charge is 0.487 e. The summed E-state index contributed by atoms with van der Waals surface area (Å²) >= 11 is 1.60. The predicted octanol–water partition coefficient (Wildman–Crippen LogP) is 4.23. The van der Waals surface area contributed by atoms with E-state index in [9.17, 15) is 9.59 Å².